The Bertz CT molecular complexity index is 666. The maximum absolute atomic E-state index is 5.64. The summed E-state index contributed by atoms with van der Waals surface area (Å²) in [5, 5.41) is 0. The summed E-state index contributed by atoms with van der Waals surface area (Å²) in [6.07, 6.45) is 6.79. The summed E-state index contributed by atoms with van der Waals surface area (Å²) < 4.78 is 10.3. The predicted molar refractivity (Wildman–Crippen MR) is 90.2 cm³/mol. The fourth-order valence-electron chi connectivity index (χ4n) is 3.04. The molecule has 1 aromatic carbocycles. The summed E-state index contributed by atoms with van der Waals surface area (Å²) >= 11 is 5.64. The highest BCUT2D eigenvalue weighted by Crippen LogP contribution is 2.15. The van der Waals surface area contributed by atoms with Crippen LogP contribution in [0.1, 0.15) is 19.8 Å². The van der Waals surface area contributed by atoms with Crippen LogP contribution in [0.3, 0.4) is 0 Å². The van der Waals surface area contributed by atoms with Crippen LogP contribution in [-0.4, -0.2) is 29.3 Å². The van der Waals surface area contributed by atoms with E-state index in [2.05, 4.69) is 28.5 Å². The number of methoxy groups -OCH3 is 1. The summed E-state index contributed by atoms with van der Waals surface area (Å²) in [7, 11) is 1.68. The minimum absolute atomic E-state index is 0.858. The second-order valence-electron chi connectivity index (χ2n) is 6.21. The third-order valence-corrected chi connectivity index (χ3v) is 5.00. The molecule has 0 amide bonds. The lowest BCUT2D eigenvalue weighted by molar-refractivity contribution is -0.928. The maximum Gasteiger partial charge on any atom is 0.188 e. The number of nitrogens with one attached hydrogen (secondary N) is 1. The first-order valence-electron chi connectivity index (χ1n) is 7.93. The molecule has 0 unspecified atom stereocenters. The molecule has 1 aromatic heterocycles. The van der Waals surface area contributed by atoms with Crippen LogP contribution in [0.15, 0.2) is 36.7 Å². The summed E-state index contributed by atoms with van der Waals surface area (Å²) in [5.41, 5.74) is 1.08. The van der Waals surface area contributed by atoms with E-state index in [0.29, 0.717) is 0 Å². The highest BCUT2D eigenvalue weighted by molar-refractivity contribution is 7.71. The number of hydrogen-bond acceptors (Lipinski definition) is 2. The maximum atomic E-state index is 5.64. The molecule has 3 rings (SSSR count). The van der Waals surface area contributed by atoms with Crippen molar-refractivity contribution in [2.45, 2.75) is 26.4 Å². The molecule has 1 aliphatic heterocycles. The number of rotatable bonds is 4. The molecule has 2 heterocycles. The Kier molecular flexibility index (Phi) is 4.64. The van der Waals surface area contributed by atoms with Crippen LogP contribution in [-0.2, 0) is 6.67 Å². The molecule has 1 N–H and O–H groups in total. The van der Waals surface area contributed by atoms with E-state index in [1.54, 1.807) is 12.0 Å². The first kappa shape index (κ1) is 15.3. The van der Waals surface area contributed by atoms with Crippen LogP contribution in [0.2, 0.25) is 0 Å². The molecule has 1 saturated heterocycles. The molecule has 118 valence electrons. The Balaban J connectivity index is 1.75. The van der Waals surface area contributed by atoms with Crippen molar-refractivity contribution in [2.24, 2.45) is 5.92 Å². The van der Waals surface area contributed by atoms with Gasteiger partial charge in [0.15, 0.2) is 11.4 Å². The molecule has 0 radical (unpaired) electrons. The molecule has 1 aliphatic rings. The van der Waals surface area contributed by atoms with Gasteiger partial charge in [0.05, 0.1) is 20.2 Å². The van der Waals surface area contributed by atoms with Crippen LogP contribution < -0.4 is 9.64 Å². The summed E-state index contributed by atoms with van der Waals surface area (Å²) in [4.78, 5) is 1.63. The minimum atomic E-state index is 0.858. The molecule has 1 fully saturated rings. The van der Waals surface area contributed by atoms with Gasteiger partial charge >= 0.3 is 0 Å². The number of hydrogen-bond donors (Lipinski definition) is 1. The van der Waals surface area contributed by atoms with Gasteiger partial charge in [0, 0.05) is 18.1 Å². The van der Waals surface area contributed by atoms with E-state index in [0.717, 1.165) is 28.8 Å². The van der Waals surface area contributed by atoms with Crippen molar-refractivity contribution in [1.29, 1.82) is 0 Å². The largest absolute Gasteiger partial charge is 0.497 e. The number of imidazole rings is 1. The van der Waals surface area contributed by atoms with Gasteiger partial charge in [-0.15, -0.1) is 0 Å². The number of quaternary nitrogens is 1. The molecular formula is C17H24N3OS+. The molecule has 0 aliphatic carbocycles. The van der Waals surface area contributed by atoms with Gasteiger partial charge < -0.3 is 9.64 Å². The second-order valence-corrected chi connectivity index (χ2v) is 6.57. The Hall–Kier alpha value is -1.59. The number of benzene rings is 1. The van der Waals surface area contributed by atoms with E-state index in [-0.39, 0.29) is 0 Å². The van der Waals surface area contributed by atoms with Gasteiger partial charge in [-0.05, 0) is 55.2 Å². The van der Waals surface area contributed by atoms with Gasteiger partial charge in [0.25, 0.3) is 0 Å². The predicted octanol–water partition coefficient (Wildman–Crippen LogP) is 2.29. The second kappa shape index (κ2) is 6.67. The van der Waals surface area contributed by atoms with Crippen molar-refractivity contribution in [2.75, 3.05) is 20.2 Å². The first-order valence-corrected chi connectivity index (χ1v) is 8.34. The van der Waals surface area contributed by atoms with E-state index in [1.807, 2.05) is 24.3 Å². The Morgan fingerprint density at radius 3 is 2.50 bits per heavy atom. The van der Waals surface area contributed by atoms with E-state index < -0.39 is 0 Å². The van der Waals surface area contributed by atoms with Gasteiger partial charge in [-0.2, -0.15) is 0 Å². The van der Waals surface area contributed by atoms with Crippen molar-refractivity contribution in [1.82, 2.24) is 9.13 Å². The summed E-state index contributed by atoms with van der Waals surface area (Å²) in [5.74, 6) is 1.74. The molecule has 22 heavy (non-hydrogen) atoms. The van der Waals surface area contributed by atoms with Crippen molar-refractivity contribution in [3.63, 3.8) is 0 Å². The van der Waals surface area contributed by atoms with Crippen molar-refractivity contribution >= 4 is 12.2 Å². The average Bonchev–Trinajstić information content (AvgIpc) is 2.91. The Morgan fingerprint density at radius 2 is 1.86 bits per heavy atom. The fraction of sp³-hybridized carbons (Fsp3) is 0.471. The quantitative estimate of drug-likeness (QED) is 0.875. The first-order chi connectivity index (χ1) is 10.7. The molecule has 4 nitrogen and oxygen atoms in total. The molecule has 2 aromatic rings. The zero-order valence-corrected chi connectivity index (χ0v) is 14.1. The number of likely N-dealkylation sites (tertiary alicyclic amines) is 1. The molecule has 0 saturated carbocycles. The van der Waals surface area contributed by atoms with E-state index in [1.165, 1.54) is 25.9 Å². The third kappa shape index (κ3) is 3.25. The van der Waals surface area contributed by atoms with Crippen molar-refractivity contribution < 1.29 is 9.64 Å². The molecule has 0 spiro atoms. The van der Waals surface area contributed by atoms with Crippen molar-refractivity contribution in [3.8, 4) is 11.4 Å². The van der Waals surface area contributed by atoms with Crippen LogP contribution in [0.25, 0.3) is 5.69 Å². The van der Waals surface area contributed by atoms with Crippen LogP contribution in [0.5, 0.6) is 5.75 Å². The van der Waals surface area contributed by atoms with Crippen LogP contribution in [0.4, 0.5) is 0 Å². The molecular weight excluding hydrogens is 294 g/mol. The van der Waals surface area contributed by atoms with Gasteiger partial charge in [0.2, 0.25) is 0 Å². The normalized spacial score (nSPS) is 21.7. The highest BCUT2D eigenvalue weighted by atomic mass is 32.1. The average molecular weight is 318 g/mol. The van der Waals surface area contributed by atoms with Crippen LogP contribution >= 0.6 is 12.2 Å². The zero-order valence-electron chi connectivity index (χ0n) is 13.3. The lowest BCUT2D eigenvalue weighted by Gasteiger charge is -2.27. The number of nitrogens with zero attached hydrogens (tertiary/aromatic N) is 2. The van der Waals surface area contributed by atoms with Gasteiger partial charge in [-0.1, -0.05) is 6.92 Å². The summed E-state index contributed by atoms with van der Waals surface area (Å²) in [6.45, 7) is 5.81. The molecule has 0 bridgehead atoms. The lowest BCUT2D eigenvalue weighted by atomic mass is 10.00. The Labute approximate surface area is 136 Å². The lowest BCUT2D eigenvalue weighted by Crippen LogP contribution is -3.12. The standard InChI is InChI=1S/C17H23N3OS/c1-14-7-9-18(10-8-14)13-19-11-12-20(17(19)22)15-3-5-16(21-2)6-4-15/h3-6,11-12,14H,7-10,13H2,1-2H3/p+1. The molecule has 0 atom stereocenters. The highest BCUT2D eigenvalue weighted by Gasteiger charge is 2.19. The van der Waals surface area contributed by atoms with E-state index >= 15 is 0 Å². The van der Waals surface area contributed by atoms with Crippen molar-refractivity contribution in [3.05, 3.63) is 41.4 Å². The zero-order chi connectivity index (χ0) is 15.5. The van der Waals surface area contributed by atoms with Gasteiger partial charge in [-0.3, -0.25) is 9.13 Å². The smallest absolute Gasteiger partial charge is 0.188 e. The van der Waals surface area contributed by atoms with E-state index in [9.17, 15) is 0 Å². The topological polar surface area (TPSA) is 23.5 Å². The summed E-state index contributed by atoms with van der Waals surface area (Å²) in [6, 6.07) is 8.00. The fourth-order valence-corrected chi connectivity index (χ4v) is 3.33. The number of piperidine rings is 1. The van der Waals surface area contributed by atoms with E-state index in [4.69, 9.17) is 17.0 Å². The SMILES string of the molecule is COc1ccc(-n2ccn(C[NH+]3CCC(C)CC3)c2=S)cc1. The van der Waals surface area contributed by atoms with Gasteiger partial charge in [0.1, 0.15) is 5.75 Å². The minimum Gasteiger partial charge on any atom is -0.497 e. The van der Waals surface area contributed by atoms with Crippen LogP contribution in [0, 0.1) is 10.7 Å². The van der Waals surface area contributed by atoms with Gasteiger partial charge in [-0.25, -0.2) is 0 Å². The molecule has 5 heteroatoms. The Morgan fingerprint density at radius 1 is 1.18 bits per heavy atom. The monoisotopic (exact) mass is 318 g/mol. The number of ether oxygens (including phenoxy) is 1. The number of aromatic nitrogens is 2. The third-order valence-electron chi connectivity index (χ3n) is 4.57.